The monoisotopic (exact) mass is 575 g/mol. The van der Waals surface area contributed by atoms with Gasteiger partial charge in [-0.25, -0.2) is 13.8 Å². The molecule has 1 atom stereocenters. The number of nitrogens with one attached hydrogen (secondary N) is 3. The molecule has 0 bridgehead atoms. The Balaban J connectivity index is 1.59. The molecule has 2 amide bonds. The lowest BCUT2D eigenvalue weighted by molar-refractivity contribution is -0.128. The summed E-state index contributed by atoms with van der Waals surface area (Å²) in [6.45, 7) is 9.79. The van der Waals surface area contributed by atoms with Gasteiger partial charge in [0.15, 0.2) is 0 Å². The van der Waals surface area contributed by atoms with E-state index >= 15 is 0 Å². The number of carbonyl (C=O) groups excluding carboxylic acids is 2. The standard InChI is InChI=1S/C29H36ClF2N5O3/c1-28(2,3)26(39)34-13-16-7-8-19(30)20(9-16)35-27-36-21-10-18(25(38)33-14-17-12-29(17,4)5)23(40-15-24(31)32)11-22(21)37(27)6/h7-11,17,24H,12-15H2,1-6H3,(H,33,38)(H,34,39)(H,35,36). The molecule has 0 saturated heterocycles. The number of fused-ring (bicyclic) bond motifs is 1. The molecule has 1 aliphatic carbocycles. The first kappa shape index (κ1) is 29.6. The van der Waals surface area contributed by atoms with Crippen LogP contribution in [0.5, 0.6) is 5.75 Å². The van der Waals surface area contributed by atoms with E-state index in [1.165, 1.54) is 0 Å². The minimum atomic E-state index is -2.69. The maximum absolute atomic E-state index is 13.1. The van der Waals surface area contributed by atoms with Crippen LogP contribution in [0.1, 0.15) is 57.0 Å². The maximum atomic E-state index is 13.1. The molecule has 1 unspecified atom stereocenters. The molecule has 2 aromatic carbocycles. The zero-order chi connectivity index (χ0) is 29.4. The number of halogens is 3. The van der Waals surface area contributed by atoms with E-state index in [4.69, 9.17) is 16.3 Å². The van der Waals surface area contributed by atoms with Gasteiger partial charge < -0.3 is 25.3 Å². The third-order valence-electron chi connectivity index (χ3n) is 7.23. The lowest BCUT2D eigenvalue weighted by atomic mass is 9.95. The van der Waals surface area contributed by atoms with Crippen LogP contribution in [0.3, 0.4) is 0 Å². The number of ether oxygens (including phenoxy) is 1. The molecular weight excluding hydrogens is 540 g/mol. The van der Waals surface area contributed by atoms with Crippen molar-refractivity contribution in [3.8, 4) is 5.75 Å². The largest absolute Gasteiger partial charge is 0.487 e. The number of hydrogen-bond acceptors (Lipinski definition) is 5. The van der Waals surface area contributed by atoms with E-state index in [9.17, 15) is 18.4 Å². The fraction of sp³-hybridized carbons (Fsp3) is 0.483. The second kappa shape index (κ2) is 11.2. The molecule has 1 aromatic heterocycles. The van der Waals surface area contributed by atoms with Crippen molar-refractivity contribution in [3.05, 3.63) is 46.5 Å². The summed E-state index contributed by atoms with van der Waals surface area (Å²) >= 11 is 6.45. The van der Waals surface area contributed by atoms with Crippen molar-refractivity contribution in [1.82, 2.24) is 20.2 Å². The lowest BCUT2D eigenvalue weighted by Gasteiger charge is -2.18. The molecule has 11 heteroatoms. The van der Waals surface area contributed by atoms with E-state index in [-0.39, 0.29) is 22.6 Å². The predicted molar refractivity (Wildman–Crippen MR) is 152 cm³/mol. The van der Waals surface area contributed by atoms with Crippen LogP contribution < -0.4 is 20.7 Å². The molecule has 40 heavy (non-hydrogen) atoms. The first-order valence-corrected chi connectivity index (χ1v) is 13.6. The van der Waals surface area contributed by atoms with Crippen molar-refractivity contribution in [3.63, 3.8) is 0 Å². The number of rotatable bonds is 10. The third-order valence-corrected chi connectivity index (χ3v) is 7.56. The zero-order valence-corrected chi connectivity index (χ0v) is 24.4. The zero-order valence-electron chi connectivity index (χ0n) is 23.6. The fourth-order valence-corrected chi connectivity index (χ4v) is 4.53. The molecule has 0 aliphatic heterocycles. The van der Waals surface area contributed by atoms with Crippen LogP contribution in [0.4, 0.5) is 20.4 Å². The van der Waals surface area contributed by atoms with Gasteiger partial charge >= 0.3 is 0 Å². The molecule has 1 saturated carbocycles. The predicted octanol–water partition coefficient (Wildman–Crippen LogP) is 6.05. The summed E-state index contributed by atoms with van der Waals surface area (Å²) in [5.41, 5.74) is 2.29. The van der Waals surface area contributed by atoms with Crippen LogP contribution in [-0.4, -0.2) is 40.9 Å². The van der Waals surface area contributed by atoms with Gasteiger partial charge in [-0.3, -0.25) is 9.59 Å². The van der Waals surface area contributed by atoms with E-state index in [1.807, 2.05) is 32.9 Å². The van der Waals surface area contributed by atoms with Crippen molar-refractivity contribution in [2.45, 2.75) is 54.0 Å². The second-order valence-corrected chi connectivity index (χ2v) is 12.4. The summed E-state index contributed by atoms with van der Waals surface area (Å²) in [5.74, 6) is 0.382. The average Bonchev–Trinajstić information content (AvgIpc) is 3.38. The topological polar surface area (TPSA) is 97.3 Å². The van der Waals surface area contributed by atoms with Crippen LogP contribution in [0, 0.1) is 16.7 Å². The number of aromatic nitrogens is 2. The molecule has 0 radical (unpaired) electrons. The Bertz CT molecular complexity index is 1430. The highest BCUT2D eigenvalue weighted by atomic mass is 35.5. The van der Waals surface area contributed by atoms with E-state index in [0.717, 1.165) is 12.0 Å². The highest BCUT2D eigenvalue weighted by Crippen LogP contribution is 2.51. The molecule has 8 nitrogen and oxygen atoms in total. The van der Waals surface area contributed by atoms with Gasteiger partial charge in [0.2, 0.25) is 11.9 Å². The third kappa shape index (κ3) is 6.83. The summed E-state index contributed by atoms with van der Waals surface area (Å²) in [7, 11) is 1.75. The molecule has 3 N–H and O–H groups in total. The van der Waals surface area contributed by atoms with Gasteiger partial charge in [-0.2, -0.15) is 0 Å². The molecule has 1 aliphatic rings. The molecule has 216 valence electrons. The van der Waals surface area contributed by atoms with Gasteiger partial charge in [0.25, 0.3) is 12.3 Å². The summed E-state index contributed by atoms with van der Waals surface area (Å²) in [6.07, 6.45) is -1.67. The number of amides is 2. The van der Waals surface area contributed by atoms with Crippen molar-refractivity contribution in [1.29, 1.82) is 0 Å². The minimum Gasteiger partial charge on any atom is -0.487 e. The van der Waals surface area contributed by atoms with Crippen molar-refractivity contribution in [2.24, 2.45) is 23.8 Å². The van der Waals surface area contributed by atoms with Gasteiger partial charge in [-0.05, 0) is 41.5 Å². The quantitative estimate of drug-likeness (QED) is 0.273. The molecular formula is C29H36ClF2N5O3. The SMILES string of the molecule is Cn1c(Nc2cc(CNC(=O)C(C)(C)C)ccc2Cl)nc2cc(C(=O)NCC3CC3(C)C)c(OCC(F)F)cc21. The number of anilines is 2. The molecule has 0 spiro atoms. The summed E-state index contributed by atoms with van der Waals surface area (Å²) in [5, 5.41) is 9.48. The second-order valence-electron chi connectivity index (χ2n) is 12.0. The minimum absolute atomic E-state index is 0.0597. The highest BCUT2D eigenvalue weighted by molar-refractivity contribution is 6.33. The molecule has 1 fully saturated rings. The van der Waals surface area contributed by atoms with Crippen LogP contribution >= 0.6 is 11.6 Å². The first-order valence-electron chi connectivity index (χ1n) is 13.2. The Labute approximate surface area is 237 Å². The van der Waals surface area contributed by atoms with E-state index in [1.54, 1.807) is 29.8 Å². The Morgan fingerprint density at radius 1 is 1.20 bits per heavy atom. The number of nitrogens with zero attached hydrogens (tertiary/aromatic N) is 2. The van der Waals surface area contributed by atoms with E-state index in [0.29, 0.717) is 46.7 Å². The van der Waals surface area contributed by atoms with E-state index in [2.05, 4.69) is 34.8 Å². The number of carbonyl (C=O) groups is 2. The Morgan fingerprint density at radius 2 is 1.90 bits per heavy atom. The highest BCUT2D eigenvalue weighted by Gasteiger charge is 2.45. The average molecular weight is 576 g/mol. The lowest BCUT2D eigenvalue weighted by Crippen LogP contribution is -2.34. The number of hydrogen-bond donors (Lipinski definition) is 3. The maximum Gasteiger partial charge on any atom is 0.272 e. The van der Waals surface area contributed by atoms with Gasteiger partial charge in [0.1, 0.15) is 12.4 Å². The van der Waals surface area contributed by atoms with E-state index < -0.39 is 24.4 Å². The van der Waals surface area contributed by atoms with Gasteiger partial charge in [-0.15, -0.1) is 0 Å². The summed E-state index contributed by atoms with van der Waals surface area (Å²) < 4.78 is 33.0. The van der Waals surface area contributed by atoms with Crippen LogP contribution in [0.2, 0.25) is 5.02 Å². The summed E-state index contributed by atoms with van der Waals surface area (Å²) in [6, 6.07) is 8.47. The molecule has 4 rings (SSSR count). The van der Waals surface area contributed by atoms with Crippen LogP contribution in [0.25, 0.3) is 11.0 Å². The van der Waals surface area contributed by atoms with Gasteiger partial charge in [0.05, 0.1) is 27.3 Å². The fourth-order valence-electron chi connectivity index (χ4n) is 4.36. The Morgan fingerprint density at radius 3 is 2.52 bits per heavy atom. The molecule has 3 aromatic rings. The number of alkyl halides is 2. The molecule has 1 heterocycles. The van der Waals surface area contributed by atoms with Crippen molar-refractivity contribution in [2.75, 3.05) is 18.5 Å². The number of imidazole rings is 1. The first-order chi connectivity index (χ1) is 18.7. The van der Waals surface area contributed by atoms with Crippen molar-refractivity contribution < 1.29 is 23.1 Å². The smallest absolute Gasteiger partial charge is 0.272 e. The van der Waals surface area contributed by atoms with Gasteiger partial charge in [-0.1, -0.05) is 52.3 Å². The van der Waals surface area contributed by atoms with Crippen LogP contribution in [0.15, 0.2) is 30.3 Å². The number of benzene rings is 2. The van der Waals surface area contributed by atoms with Crippen molar-refractivity contribution >= 4 is 46.1 Å². The Kier molecular flexibility index (Phi) is 8.31. The normalized spacial score (nSPS) is 16.2. The Hall–Kier alpha value is -3.40. The van der Waals surface area contributed by atoms with Gasteiger partial charge in [0, 0.05) is 31.6 Å². The number of aryl methyl sites for hydroxylation is 1. The summed E-state index contributed by atoms with van der Waals surface area (Å²) in [4.78, 5) is 30.0. The van der Waals surface area contributed by atoms with Crippen LogP contribution in [-0.2, 0) is 18.4 Å².